The van der Waals surface area contributed by atoms with Gasteiger partial charge in [0.25, 0.3) is 0 Å². The molecule has 3 atom stereocenters. The minimum absolute atomic E-state index is 0.143. The third-order valence-corrected chi connectivity index (χ3v) is 4.02. The zero-order valence-corrected chi connectivity index (χ0v) is 10.5. The molecule has 17 heavy (non-hydrogen) atoms. The van der Waals surface area contributed by atoms with E-state index in [-0.39, 0.29) is 12.0 Å². The first kappa shape index (κ1) is 12.8. The first-order valence-electron chi connectivity index (χ1n) is 6.94. The van der Waals surface area contributed by atoms with E-state index in [0.29, 0.717) is 18.4 Å². The first-order valence-corrected chi connectivity index (χ1v) is 6.94. The number of hydrogen-bond donors (Lipinski definition) is 3. The van der Waals surface area contributed by atoms with Crippen molar-refractivity contribution in [2.24, 2.45) is 5.92 Å². The van der Waals surface area contributed by atoms with Gasteiger partial charge in [-0.15, -0.1) is 0 Å². The summed E-state index contributed by atoms with van der Waals surface area (Å²) in [4.78, 5) is 11.4. The molecule has 1 heterocycles. The lowest BCUT2D eigenvalue weighted by Gasteiger charge is -2.29. The molecule has 2 aliphatic rings. The number of carbonyl (C=O) groups is 1. The van der Waals surface area contributed by atoms with E-state index < -0.39 is 0 Å². The summed E-state index contributed by atoms with van der Waals surface area (Å²) in [5, 5.41) is 16.3. The molecule has 0 aromatic heterocycles. The highest BCUT2D eigenvalue weighted by Gasteiger charge is 2.24. The van der Waals surface area contributed by atoms with E-state index in [1.165, 1.54) is 6.42 Å². The molecular formula is C13H24N2O2. The van der Waals surface area contributed by atoms with Crippen molar-refractivity contribution in [3.05, 3.63) is 0 Å². The lowest BCUT2D eigenvalue weighted by molar-refractivity contribution is -0.121. The van der Waals surface area contributed by atoms with E-state index >= 15 is 0 Å². The maximum Gasteiger partial charge on any atom is 0.221 e. The summed E-state index contributed by atoms with van der Waals surface area (Å²) in [6, 6.07) is 0.298. The normalized spacial score (nSPS) is 35.1. The molecule has 3 unspecified atom stereocenters. The van der Waals surface area contributed by atoms with Crippen LogP contribution in [0.1, 0.15) is 44.9 Å². The number of amides is 1. The summed E-state index contributed by atoms with van der Waals surface area (Å²) in [7, 11) is 0. The molecule has 1 saturated carbocycles. The Labute approximate surface area is 103 Å². The van der Waals surface area contributed by atoms with E-state index in [1.54, 1.807) is 0 Å². The summed E-state index contributed by atoms with van der Waals surface area (Å²) in [5.74, 6) is 0.541. The third kappa shape index (κ3) is 3.96. The summed E-state index contributed by atoms with van der Waals surface area (Å²) in [6.07, 6.45) is 7.00. The minimum Gasteiger partial charge on any atom is -0.393 e. The number of carbonyl (C=O) groups excluding carboxylic acids is 1. The molecule has 1 aliphatic heterocycles. The van der Waals surface area contributed by atoms with Crippen LogP contribution in [0.2, 0.25) is 0 Å². The van der Waals surface area contributed by atoms with Crippen LogP contribution in [0.4, 0.5) is 0 Å². The van der Waals surface area contributed by atoms with Gasteiger partial charge in [-0.25, -0.2) is 0 Å². The van der Waals surface area contributed by atoms with Crippen molar-refractivity contribution >= 4 is 5.91 Å². The highest BCUT2D eigenvalue weighted by atomic mass is 16.3. The van der Waals surface area contributed by atoms with Crippen LogP contribution in [0.15, 0.2) is 0 Å². The fraction of sp³-hybridized carbons (Fsp3) is 0.923. The summed E-state index contributed by atoms with van der Waals surface area (Å²) in [5.41, 5.74) is 0. The van der Waals surface area contributed by atoms with Crippen molar-refractivity contribution in [1.82, 2.24) is 10.6 Å². The molecule has 1 saturated heterocycles. The second kappa shape index (κ2) is 6.36. The summed E-state index contributed by atoms with van der Waals surface area (Å²) in [6.45, 7) is 1.67. The van der Waals surface area contributed by atoms with Gasteiger partial charge in [0.05, 0.1) is 6.10 Å². The Morgan fingerprint density at radius 1 is 1.24 bits per heavy atom. The van der Waals surface area contributed by atoms with Gasteiger partial charge in [0.15, 0.2) is 0 Å². The molecule has 1 aliphatic carbocycles. The van der Waals surface area contributed by atoms with Gasteiger partial charge >= 0.3 is 0 Å². The third-order valence-electron chi connectivity index (χ3n) is 4.02. The van der Waals surface area contributed by atoms with Crippen molar-refractivity contribution in [3.8, 4) is 0 Å². The van der Waals surface area contributed by atoms with E-state index in [0.717, 1.165) is 45.2 Å². The number of nitrogens with one attached hydrogen (secondary N) is 2. The molecule has 0 bridgehead atoms. The second-order valence-electron chi connectivity index (χ2n) is 5.41. The Hall–Kier alpha value is -0.610. The van der Waals surface area contributed by atoms with Crippen LogP contribution < -0.4 is 10.6 Å². The van der Waals surface area contributed by atoms with Crippen molar-refractivity contribution in [1.29, 1.82) is 0 Å². The van der Waals surface area contributed by atoms with Crippen molar-refractivity contribution in [2.75, 3.05) is 13.1 Å². The standard InChI is InChI=1S/C13H24N2O2/c16-12-6-2-1-4-10(12)9-15-11-5-3-7-14-13(17)8-11/h10-12,15-16H,1-9H2,(H,14,17). The SMILES string of the molecule is O=C1CC(NCC2CCCCC2O)CCCN1. The number of aliphatic hydroxyl groups is 1. The quantitative estimate of drug-likeness (QED) is 0.683. The average Bonchev–Trinajstić information content (AvgIpc) is 2.53. The van der Waals surface area contributed by atoms with E-state index in [9.17, 15) is 9.90 Å². The Morgan fingerprint density at radius 2 is 2.06 bits per heavy atom. The topological polar surface area (TPSA) is 61.4 Å². The van der Waals surface area contributed by atoms with Crippen LogP contribution in [0.3, 0.4) is 0 Å². The average molecular weight is 240 g/mol. The van der Waals surface area contributed by atoms with Gasteiger partial charge in [-0.05, 0) is 31.6 Å². The fourth-order valence-electron chi connectivity index (χ4n) is 2.89. The van der Waals surface area contributed by atoms with Crippen LogP contribution in [0.25, 0.3) is 0 Å². The molecule has 2 fully saturated rings. The van der Waals surface area contributed by atoms with Gasteiger partial charge in [-0.1, -0.05) is 12.8 Å². The molecule has 4 nitrogen and oxygen atoms in total. The smallest absolute Gasteiger partial charge is 0.221 e. The highest BCUT2D eigenvalue weighted by Crippen LogP contribution is 2.24. The van der Waals surface area contributed by atoms with E-state index in [4.69, 9.17) is 0 Å². The Kier molecular flexibility index (Phi) is 4.80. The maximum atomic E-state index is 11.4. The molecule has 0 radical (unpaired) electrons. The van der Waals surface area contributed by atoms with Crippen molar-refractivity contribution < 1.29 is 9.90 Å². The van der Waals surface area contributed by atoms with Crippen LogP contribution in [0, 0.1) is 5.92 Å². The highest BCUT2D eigenvalue weighted by molar-refractivity contribution is 5.76. The van der Waals surface area contributed by atoms with Crippen molar-refractivity contribution in [3.63, 3.8) is 0 Å². The lowest BCUT2D eigenvalue weighted by Crippen LogP contribution is -2.40. The Balaban J connectivity index is 1.74. The first-order chi connectivity index (χ1) is 8.25. The summed E-state index contributed by atoms with van der Waals surface area (Å²) >= 11 is 0. The molecule has 2 rings (SSSR count). The van der Waals surface area contributed by atoms with E-state index in [2.05, 4.69) is 10.6 Å². The van der Waals surface area contributed by atoms with Gasteiger partial charge in [-0.2, -0.15) is 0 Å². The molecule has 0 aromatic carbocycles. The summed E-state index contributed by atoms with van der Waals surface area (Å²) < 4.78 is 0. The predicted molar refractivity (Wildman–Crippen MR) is 66.6 cm³/mol. The van der Waals surface area contributed by atoms with Crippen LogP contribution >= 0.6 is 0 Å². The zero-order valence-electron chi connectivity index (χ0n) is 10.5. The minimum atomic E-state index is -0.143. The largest absolute Gasteiger partial charge is 0.393 e. The number of rotatable bonds is 3. The van der Waals surface area contributed by atoms with Crippen LogP contribution in [-0.2, 0) is 4.79 Å². The Bertz CT molecular complexity index is 258. The van der Waals surface area contributed by atoms with Gasteiger partial charge in [0, 0.05) is 25.6 Å². The van der Waals surface area contributed by atoms with Gasteiger partial charge in [0.2, 0.25) is 5.91 Å². The monoisotopic (exact) mass is 240 g/mol. The molecule has 4 heteroatoms. The molecule has 3 N–H and O–H groups in total. The van der Waals surface area contributed by atoms with E-state index in [1.807, 2.05) is 0 Å². The van der Waals surface area contributed by atoms with Crippen LogP contribution in [0.5, 0.6) is 0 Å². The maximum absolute atomic E-state index is 11.4. The van der Waals surface area contributed by atoms with Gasteiger partial charge < -0.3 is 15.7 Å². The van der Waals surface area contributed by atoms with Crippen molar-refractivity contribution in [2.45, 2.75) is 57.1 Å². The number of hydrogen-bond acceptors (Lipinski definition) is 3. The molecule has 0 spiro atoms. The van der Waals surface area contributed by atoms with Crippen LogP contribution in [-0.4, -0.2) is 36.2 Å². The molecule has 98 valence electrons. The zero-order chi connectivity index (χ0) is 12.1. The fourth-order valence-corrected chi connectivity index (χ4v) is 2.89. The van der Waals surface area contributed by atoms with Gasteiger partial charge in [-0.3, -0.25) is 4.79 Å². The Morgan fingerprint density at radius 3 is 2.88 bits per heavy atom. The second-order valence-corrected chi connectivity index (χ2v) is 5.41. The molecular weight excluding hydrogens is 216 g/mol. The lowest BCUT2D eigenvalue weighted by atomic mass is 9.86. The number of aliphatic hydroxyl groups excluding tert-OH is 1. The van der Waals surface area contributed by atoms with Gasteiger partial charge in [0.1, 0.15) is 0 Å². The molecule has 0 aromatic rings. The predicted octanol–water partition coefficient (Wildman–Crippen LogP) is 0.796. The molecule has 1 amide bonds.